The predicted molar refractivity (Wildman–Crippen MR) is 154 cm³/mol. The van der Waals surface area contributed by atoms with E-state index in [4.69, 9.17) is 21.9 Å². The van der Waals surface area contributed by atoms with Crippen molar-refractivity contribution in [2.75, 3.05) is 12.3 Å². The molecule has 1 amide bonds. The summed E-state index contributed by atoms with van der Waals surface area (Å²) in [6, 6.07) is 7.71. The maximum atomic E-state index is 13.2. The highest BCUT2D eigenvalue weighted by Gasteiger charge is 2.35. The number of nitrogens with zero attached hydrogens (tertiary/aromatic N) is 2. The van der Waals surface area contributed by atoms with Crippen molar-refractivity contribution in [3.63, 3.8) is 0 Å². The number of carbonyl (C=O) groups excluding carboxylic acids is 2. The number of hydrogen-bond acceptors (Lipinski definition) is 11. The van der Waals surface area contributed by atoms with E-state index in [0.29, 0.717) is 12.8 Å². The fraction of sp³-hybridized carbons (Fsp3) is 0.292. The number of allylic oxidation sites excluding steroid dienone is 2. The molecule has 0 radical (unpaired) electrons. The number of unbranched alkanes of at least 4 members (excludes halogenated alkanes) is 1. The van der Waals surface area contributed by atoms with E-state index in [1.54, 1.807) is 12.2 Å². The SMILES string of the molecule is O=C([O-])Cn1c(=C2SC(=S)N(CC(=O)O)C2=O)sc(=CC=C2Sc3ccccc3C2CCCCS(=O)(=O)O)c1=O. The molecule has 11 nitrogen and oxygen atoms in total. The fourth-order valence-corrected chi connectivity index (χ4v) is 8.50. The molecule has 16 heteroatoms. The summed E-state index contributed by atoms with van der Waals surface area (Å²) in [5.41, 5.74) is 0.394. The average molecular weight is 642 g/mol. The molecule has 0 spiro atoms. The Bertz CT molecular complexity index is 1720. The molecular weight excluding hydrogens is 621 g/mol. The first-order valence-corrected chi connectivity index (χ1v) is 16.2. The molecule has 0 bridgehead atoms. The summed E-state index contributed by atoms with van der Waals surface area (Å²) in [6.07, 6.45) is 4.70. The molecule has 3 heterocycles. The summed E-state index contributed by atoms with van der Waals surface area (Å²) in [5.74, 6) is -3.97. The van der Waals surface area contributed by atoms with Gasteiger partial charge < -0.3 is 15.0 Å². The number of carbonyl (C=O) groups is 3. The topological polar surface area (TPSA) is 174 Å². The highest BCUT2D eigenvalue weighted by molar-refractivity contribution is 8.30. The lowest BCUT2D eigenvalue weighted by atomic mass is 9.93. The van der Waals surface area contributed by atoms with Gasteiger partial charge in [0.2, 0.25) is 0 Å². The number of aromatic nitrogens is 1. The molecule has 2 aliphatic rings. The zero-order valence-electron chi connectivity index (χ0n) is 20.5. The number of aliphatic carboxylic acids is 2. The number of thiazole rings is 1. The van der Waals surface area contributed by atoms with E-state index in [1.165, 1.54) is 11.8 Å². The van der Waals surface area contributed by atoms with Crippen LogP contribution in [-0.4, -0.2) is 62.0 Å². The molecule has 212 valence electrons. The summed E-state index contributed by atoms with van der Waals surface area (Å²) in [7, 11) is -4.06. The smallest absolute Gasteiger partial charge is 0.323 e. The van der Waals surface area contributed by atoms with Gasteiger partial charge >= 0.3 is 5.97 Å². The van der Waals surface area contributed by atoms with Crippen molar-refractivity contribution < 1.29 is 37.6 Å². The lowest BCUT2D eigenvalue weighted by molar-refractivity contribution is -0.306. The monoisotopic (exact) mass is 641 g/mol. The summed E-state index contributed by atoms with van der Waals surface area (Å²) in [4.78, 5) is 51.4. The van der Waals surface area contributed by atoms with Crippen molar-refractivity contribution in [1.29, 1.82) is 0 Å². The van der Waals surface area contributed by atoms with E-state index in [0.717, 1.165) is 47.9 Å². The molecule has 40 heavy (non-hydrogen) atoms. The Morgan fingerprint density at radius 3 is 2.50 bits per heavy atom. The van der Waals surface area contributed by atoms with Gasteiger partial charge in [0.25, 0.3) is 21.6 Å². The molecule has 1 fully saturated rings. The number of amides is 1. The standard InChI is InChI=1S/C24H22N2O9S5/c27-18(28)11-25-21(31)17(38-23(25)20-22(32)26(12-19(29)30)24(36)39-20)9-8-16-14(6-3-4-10-40(33,34)35)13-5-1-2-7-15(13)37-16/h1-2,5,7-9,14H,3-4,6,10-12H2,(H,27,28)(H,29,30)(H,33,34,35)/p-1. The minimum absolute atomic E-state index is 0.0205. The van der Waals surface area contributed by atoms with Gasteiger partial charge in [-0.25, -0.2) is 0 Å². The van der Waals surface area contributed by atoms with E-state index in [-0.39, 0.29) is 36.5 Å². The van der Waals surface area contributed by atoms with Crippen LogP contribution in [0, 0.1) is 0 Å². The van der Waals surface area contributed by atoms with Crippen LogP contribution in [0.2, 0.25) is 0 Å². The van der Waals surface area contributed by atoms with Crippen LogP contribution in [0.3, 0.4) is 0 Å². The number of hydrogen-bond donors (Lipinski definition) is 2. The molecular formula is C24H21N2O9S5-. The Morgan fingerprint density at radius 2 is 1.82 bits per heavy atom. The van der Waals surface area contributed by atoms with Crippen molar-refractivity contribution in [3.05, 3.63) is 60.4 Å². The highest BCUT2D eigenvalue weighted by atomic mass is 32.2. The van der Waals surface area contributed by atoms with Crippen LogP contribution in [0.25, 0.3) is 11.0 Å². The highest BCUT2D eigenvalue weighted by Crippen LogP contribution is 2.50. The molecule has 2 N–H and O–H groups in total. The quantitative estimate of drug-likeness (QED) is 0.207. The number of fused-ring (bicyclic) bond motifs is 1. The molecule has 0 aliphatic carbocycles. The van der Waals surface area contributed by atoms with Crippen LogP contribution in [0.1, 0.15) is 30.7 Å². The second-order valence-electron chi connectivity index (χ2n) is 8.73. The second kappa shape index (κ2) is 12.4. The number of carboxylic acids is 2. The molecule has 1 atom stereocenters. The lowest BCUT2D eigenvalue weighted by Crippen LogP contribution is -2.40. The Balaban J connectivity index is 1.74. The Morgan fingerprint density at radius 1 is 1.10 bits per heavy atom. The van der Waals surface area contributed by atoms with E-state index >= 15 is 0 Å². The summed E-state index contributed by atoms with van der Waals surface area (Å²) >= 11 is 8.30. The molecule has 0 saturated carbocycles. The van der Waals surface area contributed by atoms with Gasteiger partial charge in [-0.15, -0.1) is 11.3 Å². The third-order valence-electron chi connectivity index (χ3n) is 5.94. The Labute approximate surface area is 245 Å². The number of benzene rings is 1. The summed E-state index contributed by atoms with van der Waals surface area (Å²) in [5, 5.41) is 20.5. The first-order chi connectivity index (χ1) is 18.9. The van der Waals surface area contributed by atoms with Gasteiger partial charge in [0.1, 0.15) is 20.4 Å². The molecule has 1 unspecified atom stereocenters. The predicted octanol–water partition coefficient (Wildman–Crippen LogP) is 0.325. The summed E-state index contributed by atoms with van der Waals surface area (Å²) < 4.78 is 32.2. The van der Waals surface area contributed by atoms with Gasteiger partial charge in [0.05, 0.1) is 22.8 Å². The van der Waals surface area contributed by atoms with Crippen LogP contribution < -0.4 is 19.9 Å². The van der Waals surface area contributed by atoms with Gasteiger partial charge in [-0.1, -0.05) is 66.4 Å². The molecule has 2 aromatic rings. The van der Waals surface area contributed by atoms with Crippen molar-refractivity contribution in [2.24, 2.45) is 0 Å². The van der Waals surface area contributed by atoms with E-state index in [1.807, 2.05) is 24.3 Å². The summed E-state index contributed by atoms with van der Waals surface area (Å²) in [6.45, 7) is -1.48. The van der Waals surface area contributed by atoms with Crippen LogP contribution in [0.15, 0.2) is 44.9 Å². The maximum absolute atomic E-state index is 13.2. The van der Waals surface area contributed by atoms with Gasteiger partial charge in [-0.3, -0.25) is 28.4 Å². The van der Waals surface area contributed by atoms with Crippen molar-refractivity contribution >= 4 is 90.3 Å². The minimum atomic E-state index is -4.06. The lowest BCUT2D eigenvalue weighted by Gasteiger charge is -2.12. The van der Waals surface area contributed by atoms with Gasteiger partial charge in [0, 0.05) is 10.8 Å². The van der Waals surface area contributed by atoms with E-state index in [9.17, 15) is 32.7 Å². The zero-order valence-corrected chi connectivity index (χ0v) is 24.6. The van der Waals surface area contributed by atoms with Crippen molar-refractivity contribution in [3.8, 4) is 0 Å². The molecule has 1 aromatic carbocycles. The van der Waals surface area contributed by atoms with Crippen molar-refractivity contribution in [2.45, 2.75) is 36.6 Å². The van der Waals surface area contributed by atoms with Gasteiger partial charge in [-0.2, -0.15) is 8.42 Å². The van der Waals surface area contributed by atoms with Gasteiger partial charge in [-0.05, 0) is 35.5 Å². The molecule has 2 aliphatic heterocycles. The Kier molecular flexibility index (Phi) is 9.36. The number of thioether (sulfide) groups is 2. The second-order valence-corrected chi connectivity index (χ2v) is 14.1. The largest absolute Gasteiger partial charge is 0.548 e. The van der Waals surface area contributed by atoms with Crippen LogP contribution in [0.5, 0.6) is 0 Å². The number of rotatable bonds is 10. The first kappa shape index (κ1) is 30.2. The molecule has 1 aromatic heterocycles. The molecule has 1 saturated heterocycles. The number of thiocarbonyl (C=S) groups is 1. The number of carboxylic acid groups (broad SMARTS) is 2. The minimum Gasteiger partial charge on any atom is -0.548 e. The van der Waals surface area contributed by atoms with E-state index < -0.39 is 46.6 Å². The average Bonchev–Trinajstić information content (AvgIpc) is 3.47. The Hall–Kier alpha value is -2.76. The van der Waals surface area contributed by atoms with E-state index in [2.05, 4.69) is 0 Å². The van der Waals surface area contributed by atoms with Crippen molar-refractivity contribution in [1.82, 2.24) is 9.47 Å². The van der Waals surface area contributed by atoms with Gasteiger partial charge in [0.15, 0.2) is 0 Å². The van der Waals surface area contributed by atoms with Crippen LogP contribution >= 0.6 is 47.1 Å². The van der Waals surface area contributed by atoms with Crippen LogP contribution in [0.4, 0.5) is 0 Å². The third kappa shape index (κ3) is 6.92. The fourth-order valence-electron chi connectivity index (χ4n) is 4.22. The normalized spacial score (nSPS) is 20.0. The maximum Gasteiger partial charge on any atom is 0.323 e. The zero-order chi connectivity index (χ0) is 29.2. The third-order valence-corrected chi connectivity index (χ3v) is 10.7. The first-order valence-electron chi connectivity index (χ1n) is 11.7. The molecule has 4 rings (SSSR count). The van der Waals surface area contributed by atoms with Crippen LogP contribution in [-0.2, 0) is 31.0 Å².